The average Bonchev–Trinajstić information content (AvgIpc) is 3.01. The number of carbonyl (C=O) groups excluding carboxylic acids is 1. The highest BCUT2D eigenvalue weighted by atomic mass is 19.4. The fourth-order valence-electron chi connectivity index (χ4n) is 2.38. The lowest BCUT2D eigenvalue weighted by Crippen LogP contribution is -2.18. The number of nitrogens with zero attached hydrogens (tertiary/aromatic N) is 2. The number of fused-ring (bicyclic) bond motifs is 1. The second-order valence-corrected chi connectivity index (χ2v) is 6.13. The van der Waals surface area contributed by atoms with E-state index in [1.165, 1.54) is 35.2 Å². The molecule has 9 heteroatoms. The lowest BCUT2D eigenvalue weighted by Gasteiger charge is -2.09. The number of aromatic nitrogens is 2. The van der Waals surface area contributed by atoms with E-state index < -0.39 is 6.36 Å². The number of amides is 1. The van der Waals surface area contributed by atoms with Crippen molar-refractivity contribution in [2.75, 3.05) is 19.4 Å². The normalized spacial score (nSPS) is 11.8. The van der Waals surface area contributed by atoms with E-state index >= 15 is 0 Å². The van der Waals surface area contributed by atoms with Gasteiger partial charge in [-0.15, -0.1) is 13.2 Å². The molecule has 0 aliphatic rings. The predicted molar refractivity (Wildman–Crippen MR) is 100 cm³/mol. The number of alkyl halides is 3. The lowest BCUT2D eigenvalue weighted by atomic mass is 10.2. The van der Waals surface area contributed by atoms with E-state index in [4.69, 9.17) is 0 Å². The molecule has 1 heterocycles. The van der Waals surface area contributed by atoms with Crippen molar-refractivity contribution in [2.24, 2.45) is 0 Å². The Morgan fingerprint density at radius 3 is 2.54 bits per heavy atom. The maximum absolute atomic E-state index is 12.2. The summed E-state index contributed by atoms with van der Waals surface area (Å²) in [5.74, 6) is 0.0151. The van der Waals surface area contributed by atoms with Crippen molar-refractivity contribution in [3.63, 3.8) is 0 Å². The minimum Gasteiger partial charge on any atom is -0.406 e. The standard InChI is InChI=1S/C19H17F3N4O2/c1-26(2)17(27)10-4-12-3-9-15-16(11-12)25-18(24-15)23-13-5-7-14(8-6-13)28-19(20,21)22/h3-11H,1-2H3,(H2,23,24,25)/b10-4+. The molecule has 28 heavy (non-hydrogen) atoms. The van der Waals surface area contributed by atoms with E-state index in [-0.39, 0.29) is 11.7 Å². The predicted octanol–water partition coefficient (Wildman–Crippen LogP) is 4.31. The minimum absolute atomic E-state index is 0.120. The molecule has 0 saturated heterocycles. The molecule has 0 aliphatic carbocycles. The first-order chi connectivity index (χ1) is 13.2. The number of rotatable bonds is 5. The molecule has 2 N–H and O–H groups in total. The minimum atomic E-state index is -4.73. The maximum atomic E-state index is 12.2. The van der Waals surface area contributed by atoms with Crippen molar-refractivity contribution in [3.8, 4) is 5.75 Å². The van der Waals surface area contributed by atoms with E-state index in [0.29, 0.717) is 17.2 Å². The monoisotopic (exact) mass is 390 g/mol. The van der Waals surface area contributed by atoms with Crippen LogP contribution < -0.4 is 10.1 Å². The van der Waals surface area contributed by atoms with Crippen LogP contribution in [-0.4, -0.2) is 41.2 Å². The van der Waals surface area contributed by atoms with Gasteiger partial charge in [0, 0.05) is 25.9 Å². The molecule has 146 valence electrons. The molecule has 3 rings (SSSR count). The van der Waals surface area contributed by atoms with Gasteiger partial charge in [-0.1, -0.05) is 6.07 Å². The largest absolute Gasteiger partial charge is 0.573 e. The topological polar surface area (TPSA) is 70.2 Å². The summed E-state index contributed by atoms with van der Waals surface area (Å²) in [6, 6.07) is 10.8. The highest BCUT2D eigenvalue weighted by molar-refractivity contribution is 5.92. The Hall–Kier alpha value is -3.49. The summed E-state index contributed by atoms with van der Waals surface area (Å²) < 4.78 is 40.4. The van der Waals surface area contributed by atoms with E-state index in [1.54, 1.807) is 26.2 Å². The number of halogens is 3. The van der Waals surface area contributed by atoms with Crippen LogP contribution in [0.1, 0.15) is 5.56 Å². The quantitative estimate of drug-likeness (QED) is 0.637. The van der Waals surface area contributed by atoms with Gasteiger partial charge in [-0.3, -0.25) is 4.79 Å². The molecule has 0 spiro atoms. The Balaban J connectivity index is 1.73. The maximum Gasteiger partial charge on any atom is 0.573 e. The average molecular weight is 390 g/mol. The molecule has 0 aliphatic heterocycles. The van der Waals surface area contributed by atoms with Crippen LogP contribution in [0.3, 0.4) is 0 Å². The van der Waals surface area contributed by atoms with Crippen molar-refractivity contribution >= 4 is 34.7 Å². The zero-order valence-corrected chi connectivity index (χ0v) is 15.0. The third kappa shape index (κ3) is 5.03. The molecule has 0 unspecified atom stereocenters. The number of nitrogens with one attached hydrogen (secondary N) is 2. The SMILES string of the molecule is CN(C)C(=O)/C=C/c1ccc2nc(Nc3ccc(OC(F)(F)F)cc3)[nH]c2c1. The van der Waals surface area contributed by atoms with Gasteiger partial charge < -0.3 is 19.9 Å². The van der Waals surface area contributed by atoms with Gasteiger partial charge in [-0.25, -0.2) is 4.98 Å². The molecule has 0 atom stereocenters. The van der Waals surface area contributed by atoms with Gasteiger partial charge in [0.2, 0.25) is 11.9 Å². The molecule has 3 aromatic rings. The van der Waals surface area contributed by atoms with Crippen LogP contribution in [0.5, 0.6) is 5.75 Å². The third-order valence-corrected chi connectivity index (χ3v) is 3.72. The molecular weight excluding hydrogens is 373 g/mol. The smallest absolute Gasteiger partial charge is 0.406 e. The Morgan fingerprint density at radius 2 is 1.89 bits per heavy atom. The van der Waals surface area contributed by atoms with E-state index in [2.05, 4.69) is 20.0 Å². The van der Waals surface area contributed by atoms with Crippen LogP contribution in [0.25, 0.3) is 17.1 Å². The Labute approximate surface area is 158 Å². The second-order valence-electron chi connectivity index (χ2n) is 6.13. The zero-order valence-electron chi connectivity index (χ0n) is 15.0. The summed E-state index contributed by atoms with van der Waals surface area (Å²) in [6.45, 7) is 0. The third-order valence-electron chi connectivity index (χ3n) is 3.72. The van der Waals surface area contributed by atoms with Gasteiger partial charge >= 0.3 is 6.36 Å². The van der Waals surface area contributed by atoms with Crippen molar-refractivity contribution in [3.05, 3.63) is 54.1 Å². The van der Waals surface area contributed by atoms with Crippen LogP contribution in [0.15, 0.2) is 48.5 Å². The van der Waals surface area contributed by atoms with Crippen LogP contribution in [0.4, 0.5) is 24.8 Å². The fourth-order valence-corrected chi connectivity index (χ4v) is 2.38. The van der Waals surface area contributed by atoms with Gasteiger partial charge in [-0.2, -0.15) is 0 Å². The van der Waals surface area contributed by atoms with Crippen LogP contribution >= 0.6 is 0 Å². The van der Waals surface area contributed by atoms with Gasteiger partial charge in [0.25, 0.3) is 0 Å². The number of aromatic amines is 1. The van der Waals surface area contributed by atoms with Crippen LogP contribution in [0.2, 0.25) is 0 Å². The van der Waals surface area contributed by atoms with E-state index in [0.717, 1.165) is 11.1 Å². The Bertz CT molecular complexity index is 1010. The lowest BCUT2D eigenvalue weighted by molar-refractivity contribution is -0.274. The number of hydrogen-bond acceptors (Lipinski definition) is 4. The summed E-state index contributed by atoms with van der Waals surface area (Å²) >= 11 is 0. The first-order valence-electron chi connectivity index (χ1n) is 8.21. The number of hydrogen-bond donors (Lipinski definition) is 2. The first-order valence-corrected chi connectivity index (χ1v) is 8.21. The van der Waals surface area contributed by atoms with Gasteiger partial charge in [0.05, 0.1) is 11.0 Å². The molecular formula is C19H17F3N4O2. The van der Waals surface area contributed by atoms with E-state index in [1.807, 2.05) is 12.1 Å². The van der Waals surface area contributed by atoms with Crippen LogP contribution in [-0.2, 0) is 4.79 Å². The Kier molecular flexibility index (Phi) is 5.25. The number of H-pyrrole nitrogens is 1. The summed E-state index contributed by atoms with van der Waals surface area (Å²) in [6.07, 6.45) is -1.55. The summed E-state index contributed by atoms with van der Waals surface area (Å²) in [5, 5.41) is 2.99. The molecule has 0 radical (unpaired) electrons. The molecule has 0 bridgehead atoms. The van der Waals surface area contributed by atoms with Gasteiger partial charge in [0.1, 0.15) is 5.75 Å². The summed E-state index contributed by atoms with van der Waals surface area (Å²) in [7, 11) is 3.34. The first kappa shape index (κ1) is 19.3. The van der Waals surface area contributed by atoms with Crippen molar-refractivity contribution in [2.45, 2.75) is 6.36 Å². The van der Waals surface area contributed by atoms with Gasteiger partial charge in [0.15, 0.2) is 0 Å². The molecule has 0 saturated carbocycles. The van der Waals surface area contributed by atoms with Crippen molar-refractivity contribution in [1.82, 2.24) is 14.9 Å². The summed E-state index contributed by atoms with van der Waals surface area (Å²) in [4.78, 5) is 20.6. The number of ether oxygens (including phenoxy) is 1. The van der Waals surface area contributed by atoms with Crippen molar-refractivity contribution < 1.29 is 22.7 Å². The number of anilines is 2. The van der Waals surface area contributed by atoms with Crippen LogP contribution in [0, 0.1) is 0 Å². The molecule has 2 aromatic carbocycles. The molecule has 0 fully saturated rings. The summed E-state index contributed by atoms with van der Waals surface area (Å²) in [5.41, 5.74) is 2.83. The fraction of sp³-hybridized carbons (Fsp3) is 0.158. The number of benzene rings is 2. The highest BCUT2D eigenvalue weighted by Crippen LogP contribution is 2.25. The van der Waals surface area contributed by atoms with Gasteiger partial charge in [-0.05, 0) is 48.0 Å². The molecule has 6 nitrogen and oxygen atoms in total. The second kappa shape index (κ2) is 7.63. The zero-order chi connectivity index (χ0) is 20.3. The number of imidazole rings is 1. The van der Waals surface area contributed by atoms with Crippen molar-refractivity contribution in [1.29, 1.82) is 0 Å². The number of carbonyl (C=O) groups is 1. The van der Waals surface area contributed by atoms with E-state index in [9.17, 15) is 18.0 Å². The number of likely N-dealkylation sites (N-methyl/N-ethyl adjacent to an activating group) is 1. The highest BCUT2D eigenvalue weighted by Gasteiger charge is 2.30. The molecule has 1 amide bonds. The molecule has 1 aromatic heterocycles. The Morgan fingerprint density at radius 1 is 1.18 bits per heavy atom.